The van der Waals surface area contributed by atoms with Crippen molar-refractivity contribution in [1.29, 1.82) is 0 Å². The van der Waals surface area contributed by atoms with Crippen LogP contribution in [-0.4, -0.2) is 60.9 Å². The van der Waals surface area contributed by atoms with Crippen molar-refractivity contribution in [3.63, 3.8) is 0 Å². The number of piperazine rings is 1. The largest absolute Gasteiger partial charge is 0.454 e. The van der Waals surface area contributed by atoms with Crippen LogP contribution in [0.15, 0.2) is 18.2 Å². The first-order valence-corrected chi connectivity index (χ1v) is 10.2. The first kappa shape index (κ1) is 17.7. The highest BCUT2D eigenvalue weighted by molar-refractivity contribution is 5.50. The molecule has 0 unspecified atom stereocenters. The number of hydrogen-bond donors (Lipinski definition) is 1. The van der Waals surface area contributed by atoms with E-state index >= 15 is 0 Å². The average molecular weight is 381 g/mol. The molecule has 28 heavy (non-hydrogen) atoms. The van der Waals surface area contributed by atoms with Gasteiger partial charge in [0.2, 0.25) is 6.79 Å². The molecule has 3 aliphatic rings. The van der Waals surface area contributed by atoms with Crippen LogP contribution in [0.5, 0.6) is 11.5 Å². The summed E-state index contributed by atoms with van der Waals surface area (Å²) in [5.74, 6) is 3.76. The molecular formula is C21H27N5O2. The Bertz CT molecular complexity index is 864. The van der Waals surface area contributed by atoms with Gasteiger partial charge in [-0.2, -0.15) is 0 Å². The Labute approximate surface area is 165 Å². The lowest BCUT2D eigenvalue weighted by atomic mass is 10.1. The Kier molecular flexibility index (Phi) is 4.78. The Morgan fingerprint density at radius 3 is 2.71 bits per heavy atom. The smallest absolute Gasteiger partial charge is 0.231 e. The summed E-state index contributed by atoms with van der Waals surface area (Å²) in [4.78, 5) is 14.5. The summed E-state index contributed by atoms with van der Waals surface area (Å²) >= 11 is 0. The molecule has 1 saturated heterocycles. The molecule has 1 fully saturated rings. The van der Waals surface area contributed by atoms with E-state index in [0.29, 0.717) is 6.79 Å². The van der Waals surface area contributed by atoms with Gasteiger partial charge in [-0.05, 0) is 37.6 Å². The van der Waals surface area contributed by atoms with Gasteiger partial charge in [-0.25, -0.2) is 9.97 Å². The van der Waals surface area contributed by atoms with Gasteiger partial charge in [-0.15, -0.1) is 0 Å². The van der Waals surface area contributed by atoms with Crippen molar-refractivity contribution >= 4 is 5.82 Å². The lowest BCUT2D eigenvalue weighted by molar-refractivity contribution is 0.174. The summed E-state index contributed by atoms with van der Waals surface area (Å²) in [6, 6.07) is 6.26. The molecule has 1 N–H and O–H groups in total. The number of anilines is 1. The molecule has 0 saturated carbocycles. The molecule has 0 amide bonds. The number of aromatic nitrogens is 2. The molecule has 5 rings (SSSR count). The fraction of sp³-hybridized carbons (Fsp3) is 0.524. The third-order valence-corrected chi connectivity index (χ3v) is 5.79. The van der Waals surface area contributed by atoms with Crippen LogP contribution in [-0.2, 0) is 19.4 Å². The lowest BCUT2D eigenvalue weighted by Gasteiger charge is -2.36. The second kappa shape index (κ2) is 7.56. The van der Waals surface area contributed by atoms with E-state index in [-0.39, 0.29) is 0 Å². The van der Waals surface area contributed by atoms with E-state index in [4.69, 9.17) is 19.4 Å². The van der Waals surface area contributed by atoms with Crippen molar-refractivity contribution in [3.05, 3.63) is 40.8 Å². The van der Waals surface area contributed by atoms with E-state index in [9.17, 15) is 0 Å². The van der Waals surface area contributed by atoms with Crippen LogP contribution in [0, 0.1) is 6.92 Å². The van der Waals surface area contributed by atoms with Crippen LogP contribution in [0.3, 0.4) is 0 Å². The molecule has 0 radical (unpaired) electrons. The van der Waals surface area contributed by atoms with Crippen molar-refractivity contribution < 1.29 is 9.47 Å². The van der Waals surface area contributed by atoms with Crippen molar-refractivity contribution in [2.45, 2.75) is 26.3 Å². The highest BCUT2D eigenvalue weighted by Gasteiger charge is 2.24. The van der Waals surface area contributed by atoms with Crippen molar-refractivity contribution in [3.8, 4) is 11.5 Å². The van der Waals surface area contributed by atoms with Crippen molar-refractivity contribution in [2.75, 3.05) is 51.0 Å². The van der Waals surface area contributed by atoms with Crippen LogP contribution in [0.2, 0.25) is 0 Å². The Morgan fingerprint density at radius 1 is 1.00 bits per heavy atom. The van der Waals surface area contributed by atoms with E-state index in [1.807, 2.05) is 13.0 Å². The van der Waals surface area contributed by atoms with Crippen molar-refractivity contribution in [2.24, 2.45) is 0 Å². The molecule has 0 atom stereocenters. The predicted octanol–water partition coefficient (Wildman–Crippen LogP) is 1.52. The standard InChI is InChI=1S/C21H27N5O2/c1-15-23-18-5-7-22-6-4-17(18)21(24-15)26-10-8-25(9-11-26)13-16-2-3-19-20(12-16)28-14-27-19/h2-3,12,22H,4-11,13-14H2,1H3. The van der Waals surface area contributed by atoms with E-state index in [0.717, 1.165) is 81.8 Å². The summed E-state index contributed by atoms with van der Waals surface area (Å²) in [6.45, 7) is 9.36. The normalized spacial score (nSPS) is 19.4. The summed E-state index contributed by atoms with van der Waals surface area (Å²) in [7, 11) is 0. The minimum absolute atomic E-state index is 0.329. The zero-order valence-electron chi connectivity index (χ0n) is 16.4. The van der Waals surface area contributed by atoms with Crippen LogP contribution in [0.4, 0.5) is 5.82 Å². The van der Waals surface area contributed by atoms with E-state index < -0.39 is 0 Å². The SMILES string of the molecule is Cc1nc2c(c(N3CCN(Cc4ccc5c(c4)OCO5)CC3)n1)CCNCC2. The average Bonchev–Trinajstić information content (AvgIpc) is 3.04. The molecule has 7 nitrogen and oxygen atoms in total. The molecule has 0 bridgehead atoms. The van der Waals surface area contributed by atoms with Gasteiger partial charge in [-0.1, -0.05) is 6.07 Å². The minimum atomic E-state index is 0.329. The summed E-state index contributed by atoms with van der Waals surface area (Å²) in [5.41, 5.74) is 3.85. The molecule has 2 aromatic rings. The van der Waals surface area contributed by atoms with E-state index in [1.165, 1.54) is 16.8 Å². The zero-order chi connectivity index (χ0) is 18.9. The van der Waals surface area contributed by atoms with Crippen LogP contribution >= 0.6 is 0 Å². The number of nitrogens with zero attached hydrogens (tertiary/aromatic N) is 4. The third-order valence-electron chi connectivity index (χ3n) is 5.79. The maximum Gasteiger partial charge on any atom is 0.231 e. The van der Waals surface area contributed by atoms with Gasteiger partial charge in [0.05, 0.1) is 5.69 Å². The number of nitrogens with one attached hydrogen (secondary N) is 1. The van der Waals surface area contributed by atoms with Gasteiger partial charge in [0.15, 0.2) is 11.5 Å². The fourth-order valence-electron chi connectivity index (χ4n) is 4.32. The van der Waals surface area contributed by atoms with Crippen molar-refractivity contribution in [1.82, 2.24) is 20.2 Å². The maximum atomic E-state index is 5.51. The maximum absolute atomic E-state index is 5.51. The minimum Gasteiger partial charge on any atom is -0.454 e. The van der Waals surface area contributed by atoms with Gasteiger partial charge in [0, 0.05) is 51.3 Å². The Balaban J connectivity index is 1.27. The molecule has 148 valence electrons. The van der Waals surface area contributed by atoms with Crippen LogP contribution in [0.1, 0.15) is 22.6 Å². The third kappa shape index (κ3) is 3.52. The van der Waals surface area contributed by atoms with Gasteiger partial charge in [0.1, 0.15) is 11.6 Å². The molecule has 1 aromatic carbocycles. The highest BCUT2D eigenvalue weighted by atomic mass is 16.7. The number of aryl methyl sites for hydroxylation is 1. The first-order valence-electron chi connectivity index (χ1n) is 10.2. The second-order valence-electron chi connectivity index (χ2n) is 7.72. The Hall–Kier alpha value is -2.38. The monoisotopic (exact) mass is 381 g/mol. The number of fused-ring (bicyclic) bond motifs is 2. The number of rotatable bonds is 3. The topological polar surface area (TPSA) is 62.8 Å². The molecule has 3 aliphatic heterocycles. The summed E-state index contributed by atoms with van der Waals surface area (Å²) in [5, 5.41) is 3.48. The molecular weight excluding hydrogens is 354 g/mol. The van der Waals surface area contributed by atoms with Gasteiger partial charge in [0.25, 0.3) is 0 Å². The van der Waals surface area contributed by atoms with Gasteiger partial charge < -0.3 is 19.7 Å². The van der Waals surface area contributed by atoms with Crippen LogP contribution < -0.4 is 19.7 Å². The van der Waals surface area contributed by atoms with E-state index in [1.54, 1.807) is 0 Å². The summed E-state index contributed by atoms with van der Waals surface area (Å²) in [6.07, 6.45) is 2.01. The second-order valence-corrected chi connectivity index (χ2v) is 7.72. The van der Waals surface area contributed by atoms with Gasteiger partial charge in [-0.3, -0.25) is 4.90 Å². The van der Waals surface area contributed by atoms with Crippen LogP contribution in [0.25, 0.3) is 0 Å². The fourth-order valence-corrected chi connectivity index (χ4v) is 4.32. The van der Waals surface area contributed by atoms with Gasteiger partial charge >= 0.3 is 0 Å². The zero-order valence-corrected chi connectivity index (χ0v) is 16.4. The quantitative estimate of drug-likeness (QED) is 0.865. The molecule has 7 heteroatoms. The van der Waals surface area contributed by atoms with E-state index in [2.05, 4.69) is 27.2 Å². The highest BCUT2D eigenvalue weighted by Crippen LogP contribution is 2.33. The molecule has 0 spiro atoms. The molecule has 0 aliphatic carbocycles. The number of hydrogen-bond acceptors (Lipinski definition) is 7. The molecule has 1 aromatic heterocycles. The lowest BCUT2D eigenvalue weighted by Crippen LogP contribution is -2.46. The Morgan fingerprint density at radius 2 is 1.82 bits per heavy atom. The number of ether oxygens (including phenoxy) is 2. The predicted molar refractivity (Wildman–Crippen MR) is 107 cm³/mol. The molecule has 4 heterocycles. The number of benzene rings is 1. The summed E-state index contributed by atoms with van der Waals surface area (Å²) < 4.78 is 10.9. The first-order chi connectivity index (χ1) is 13.8.